The number of nitrogens with zero attached hydrogens (tertiary/aromatic N) is 1. The predicted octanol–water partition coefficient (Wildman–Crippen LogP) is 12.5. The number of allylic oxidation sites excluding steroid dienone is 18. The van der Waals surface area contributed by atoms with Crippen molar-refractivity contribution in [2.24, 2.45) is 17.8 Å². The highest BCUT2D eigenvalue weighted by atomic mass is 16.5. The molecule has 2 saturated heterocycles. The molecule has 2 aromatic carbocycles. The van der Waals surface area contributed by atoms with Crippen LogP contribution in [-0.2, 0) is 4.74 Å². The number of likely N-dealkylation sites (tertiary alicyclic amines) is 1. The monoisotopic (exact) mass is 898 g/mol. The zero-order valence-electron chi connectivity index (χ0n) is 39.5. The van der Waals surface area contributed by atoms with Gasteiger partial charge in [0, 0.05) is 59.0 Å². The lowest BCUT2D eigenvalue weighted by molar-refractivity contribution is 0.0287. The Bertz CT molecular complexity index is 2760. The minimum atomic E-state index is -0.144. The van der Waals surface area contributed by atoms with E-state index in [0.717, 1.165) is 70.8 Å². The number of hydrogen-bond donors (Lipinski definition) is 4. The molecule has 7 aliphatic carbocycles. The second kappa shape index (κ2) is 18.3. The van der Waals surface area contributed by atoms with Crippen molar-refractivity contribution in [1.29, 1.82) is 0 Å². The van der Waals surface area contributed by atoms with Crippen LogP contribution in [0.5, 0.6) is 0 Å². The van der Waals surface area contributed by atoms with Gasteiger partial charge < -0.3 is 15.0 Å². The molecule has 9 unspecified atom stereocenters. The van der Waals surface area contributed by atoms with Gasteiger partial charge in [0.05, 0.1) is 24.5 Å². The molecule has 11 aliphatic rings. The predicted molar refractivity (Wildman–Crippen MR) is 278 cm³/mol. The van der Waals surface area contributed by atoms with Crippen LogP contribution >= 0.6 is 0 Å². The van der Waals surface area contributed by atoms with E-state index in [-0.39, 0.29) is 30.5 Å². The SMILES string of the molecule is C1=CCCC(c2ccc(C3=CC(C4NC(C5=CC=CCC5)NC(c5ccccc5)N4)=C(C4=CCCC5=C4C4C=CC6C7CCCCC7N(C7=CC=CCC7)C6C4O5)NC3)cc2C2=CCCC=C2)=C1. The summed E-state index contributed by atoms with van der Waals surface area (Å²) in [5.74, 6) is 2.69. The van der Waals surface area contributed by atoms with E-state index in [9.17, 15) is 0 Å². The normalized spacial score (nSPS) is 32.7. The maximum atomic E-state index is 7.47. The highest BCUT2D eigenvalue weighted by Gasteiger charge is 2.58. The van der Waals surface area contributed by atoms with Crippen LogP contribution in [0.1, 0.15) is 118 Å². The molecule has 0 bridgehead atoms. The summed E-state index contributed by atoms with van der Waals surface area (Å²) in [7, 11) is 0. The minimum absolute atomic E-state index is 0.00556. The zero-order chi connectivity index (χ0) is 45.0. The first-order valence-corrected chi connectivity index (χ1v) is 26.4. The molecule has 4 heterocycles. The molecule has 3 fully saturated rings. The lowest BCUT2D eigenvalue weighted by Gasteiger charge is -2.43. The summed E-state index contributed by atoms with van der Waals surface area (Å²) in [5.41, 5.74) is 17.5. The average molecular weight is 898 g/mol. The molecular formula is C62H67N5O. The quantitative estimate of drug-likeness (QED) is 0.198. The smallest absolute Gasteiger partial charge is 0.129 e. The number of benzene rings is 2. The highest BCUT2D eigenvalue weighted by Crippen LogP contribution is 2.56. The van der Waals surface area contributed by atoms with E-state index in [1.165, 1.54) is 98.4 Å². The second-order valence-electron chi connectivity index (χ2n) is 20.9. The van der Waals surface area contributed by atoms with Gasteiger partial charge in [0.25, 0.3) is 0 Å². The third kappa shape index (κ3) is 7.68. The van der Waals surface area contributed by atoms with E-state index < -0.39 is 0 Å². The molecule has 346 valence electrons. The van der Waals surface area contributed by atoms with E-state index in [4.69, 9.17) is 4.74 Å². The molecule has 6 nitrogen and oxygen atoms in total. The van der Waals surface area contributed by atoms with E-state index in [2.05, 4.69) is 172 Å². The molecule has 9 atom stereocenters. The van der Waals surface area contributed by atoms with Crippen molar-refractivity contribution in [1.82, 2.24) is 26.2 Å². The molecule has 4 N–H and O–H groups in total. The Balaban J connectivity index is 0.925. The van der Waals surface area contributed by atoms with Gasteiger partial charge in [0.1, 0.15) is 11.9 Å². The summed E-state index contributed by atoms with van der Waals surface area (Å²) in [6.45, 7) is 0.749. The summed E-state index contributed by atoms with van der Waals surface area (Å²) in [6, 6.07) is 19.2. The van der Waals surface area contributed by atoms with Crippen LogP contribution in [0.3, 0.4) is 0 Å². The summed E-state index contributed by atoms with van der Waals surface area (Å²) in [6.07, 6.45) is 54.3. The van der Waals surface area contributed by atoms with Gasteiger partial charge in [0.15, 0.2) is 0 Å². The fourth-order valence-corrected chi connectivity index (χ4v) is 13.9. The lowest BCUT2D eigenvalue weighted by Crippen LogP contribution is -2.64. The summed E-state index contributed by atoms with van der Waals surface area (Å²) in [5, 5.41) is 16.5. The van der Waals surface area contributed by atoms with Crippen molar-refractivity contribution in [2.45, 2.75) is 127 Å². The van der Waals surface area contributed by atoms with E-state index in [1.54, 1.807) is 5.70 Å². The molecule has 0 radical (unpaired) electrons. The van der Waals surface area contributed by atoms with Crippen molar-refractivity contribution >= 4 is 16.7 Å². The molecule has 13 rings (SSSR count). The van der Waals surface area contributed by atoms with Crippen LogP contribution in [0, 0.1) is 17.8 Å². The molecule has 0 amide bonds. The van der Waals surface area contributed by atoms with E-state index >= 15 is 0 Å². The average Bonchev–Trinajstić information content (AvgIpc) is 3.98. The van der Waals surface area contributed by atoms with Crippen molar-refractivity contribution in [3.8, 4) is 0 Å². The lowest BCUT2D eigenvalue weighted by atomic mass is 9.71. The number of fused-ring (bicyclic) bond motifs is 6. The van der Waals surface area contributed by atoms with Crippen LogP contribution in [-0.4, -0.2) is 42.0 Å². The maximum absolute atomic E-state index is 7.47. The highest BCUT2D eigenvalue weighted by molar-refractivity contribution is 5.87. The van der Waals surface area contributed by atoms with Crippen molar-refractivity contribution in [3.05, 3.63) is 207 Å². The fourth-order valence-electron chi connectivity index (χ4n) is 13.9. The molecule has 2 aromatic rings. The largest absolute Gasteiger partial charge is 0.491 e. The second-order valence-corrected chi connectivity index (χ2v) is 20.9. The van der Waals surface area contributed by atoms with E-state index in [0.29, 0.717) is 23.9 Å². The van der Waals surface area contributed by atoms with Crippen molar-refractivity contribution in [2.75, 3.05) is 6.54 Å². The standard InChI is InChI=1S/C62H67N5O/c1-6-19-40(20-7-1)47-34-33-44(37-52(47)41-21-8-2-9-22-41)45-38-53(62-65-60(42-23-10-3-11-24-42)64-61(66-62)43-25-12-4-13-26-43)57(63-39-45)50-30-18-32-55-56(50)51-36-35-49-48-29-16-17-31-54(48)67(58(49)59(51)68-55)46-27-14-5-15-28-46/h1,3-6,8,10-12,14,19,21-25,27,30,33-38,48-49,51,54,58-66H,2,7,9,13,15-18,20,26,28-29,31-32,39H2. The van der Waals surface area contributed by atoms with Gasteiger partial charge in [-0.3, -0.25) is 16.0 Å². The topological polar surface area (TPSA) is 60.6 Å². The Kier molecular flexibility index (Phi) is 11.4. The third-order valence-electron chi connectivity index (χ3n) is 17.1. The van der Waals surface area contributed by atoms with Crippen LogP contribution in [0.4, 0.5) is 0 Å². The van der Waals surface area contributed by atoms with Crippen molar-refractivity contribution < 1.29 is 4.74 Å². The molecule has 6 heteroatoms. The Morgan fingerprint density at radius 2 is 1.50 bits per heavy atom. The first-order chi connectivity index (χ1) is 33.7. The maximum Gasteiger partial charge on any atom is 0.129 e. The van der Waals surface area contributed by atoms with Crippen LogP contribution in [0.15, 0.2) is 185 Å². The third-order valence-corrected chi connectivity index (χ3v) is 17.1. The first kappa shape index (κ1) is 42.4. The van der Waals surface area contributed by atoms with Gasteiger partial charge in [-0.15, -0.1) is 0 Å². The molecule has 4 aliphatic heterocycles. The van der Waals surface area contributed by atoms with Gasteiger partial charge >= 0.3 is 0 Å². The summed E-state index contributed by atoms with van der Waals surface area (Å²) < 4.78 is 7.47. The summed E-state index contributed by atoms with van der Waals surface area (Å²) >= 11 is 0. The number of dihydropyridines is 1. The van der Waals surface area contributed by atoms with Gasteiger partial charge in [-0.05, 0) is 139 Å². The number of nitrogens with one attached hydrogen (secondary N) is 4. The molecule has 0 aromatic heterocycles. The van der Waals surface area contributed by atoms with E-state index in [1.807, 2.05) is 0 Å². The number of hydrogen-bond acceptors (Lipinski definition) is 6. The van der Waals surface area contributed by atoms with Gasteiger partial charge in [-0.2, -0.15) is 0 Å². The van der Waals surface area contributed by atoms with Crippen molar-refractivity contribution in [3.63, 3.8) is 0 Å². The Hall–Kier alpha value is -5.66. The molecule has 1 saturated carbocycles. The molecular weight excluding hydrogens is 831 g/mol. The van der Waals surface area contributed by atoms with Crippen LogP contribution < -0.4 is 21.3 Å². The fraction of sp³-hybridized carbons (Fsp3) is 0.387. The Morgan fingerprint density at radius 3 is 2.32 bits per heavy atom. The van der Waals surface area contributed by atoms with Crippen LogP contribution in [0.2, 0.25) is 0 Å². The zero-order valence-corrected chi connectivity index (χ0v) is 39.5. The number of ether oxygens (including phenoxy) is 1. The van der Waals surface area contributed by atoms with Crippen LogP contribution in [0.25, 0.3) is 16.7 Å². The Morgan fingerprint density at radius 1 is 0.662 bits per heavy atom. The van der Waals surface area contributed by atoms with Gasteiger partial charge in [-0.1, -0.05) is 140 Å². The summed E-state index contributed by atoms with van der Waals surface area (Å²) in [4.78, 5) is 2.92. The molecule has 68 heavy (non-hydrogen) atoms. The number of rotatable bonds is 8. The molecule has 0 spiro atoms. The first-order valence-electron chi connectivity index (χ1n) is 26.4. The Labute approximate surface area is 404 Å². The van der Waals surface area contributed by atoms with Gasteiger partial charge in [-0.25, -0.2) is 0 Å². The van der Waals surface area contributed by atoms with Gasteiger partial charge in [0.2, 0.25) is 0 Å². The minimum Gasteiger partial charge on any atom is -0.491 e.